The van der Waals surface area contributed by atoms with E-state index in [2.05, 4.69) is 15.4 Å². The highest BCUT2D eigenvalue weighted by Crippen LogP contribution is 2.22. The average molecular weight is 335 g/mol. The number of ether oxygens (including phenoxy) is 1. The first-order valence-electron chi connectivity index (χ1n) is 6.68. The maximum absolute atomic E-state index is 11.8. The maximum atomic E-state index is 11.8. The van der Waals surface area contributed by atoms with Crippen LogP contribution in [-0.4, -0.2) is 43.3 Å². The minimum absolute atomic E-state index is 0.0192. The summed E-state index contributed by atoms with van der Waals surface area (Å²) in [6.45, 7) is -1.49. The van der Waals surface area contributed by atoms with Crippen molar-refractivity contribution in [2.75, 3.05) is 31.6 Å². The molecule has 10 heteroatoms. The average Bonchev–Trinajstić information content (AvgIpc) is 2.46. The van der Waals surface area contributed by atoms with Gasteiger partial charge in [-0.15, -0.1) is 0 Å². The first-order chi connectivity index (χ1) is 10.8. The number of carbonyl (C=O) groups excluding carboxylic acids is 1. The predicted octanol–water partition coefficient (Wildman–Crippen LogP) is 2.09. The number of halogens is 3. The molecule has 0 saturated carbocycles. The Balaban J connectivity index is 2.21. The molecule has 2 N–H and O–H groups in total. The van der Waals surface area contributed by atoms with Crippen LogP contribution >= 0.6 is 0 Å². The van der Waals surface area contributed by atoms with Crippen molar-refractivity contribution in [3.8, 4) is 0 Å². The number of hydrogen-bond donors (Lipinski definition) is 2. The van der Waals surface area contributed by atoms with Crippen molar-refractivity contribution in [1.82, 2.24) is 5.32 Å². The van der Waals surface area contributed by atoms with Crippen molar-refractivity contribution in [3.05, 3.63) is 34.4 Å². The summed E-state index contributed by atoms with van der Waals surface area (Å²) < 4.78 is 39.7. The van der Waals surface area contributed by atoms with E-state index in [0.717, 1.165) is 0 Å². The smallest absolute Gasteiger partial charge is 0.379 e. The molecule has 0 spiro atoms. The van der Waals surface area contributed by atoms with Gasteiger partial charge in [-0.1, -0.05) is 12.1 Å². The molecular weight excluding hydrogens is 319 g/mol. The number of carbonyl (C=O) groups is 1. The van der Waals surface area contributed by atoms with Gasteiger partial charge in [0.2, 0.25) is 5.91 Å². The van der Waals surface area contributed by atoms with Crippen LogP contribution in [0.2, 0.25) is 0 Å². The first kappa shape index (κ1) is 18.7. The van der Waals surface area contributed by atoms with E-state index < -0.39 is 23.6 Å². The number of rotatable bonds is 9. The monoisotopic (exact) mass is 335 g/mol. The fraction of sp³-hybridized carbons (Fsp3) is 0.462. The second-order valence-electron chi connectivity index (χ2n) is 4.47. The molecule has 128 valence electrons. The minimum atomic E-state index is -4.39. The topological polar surface area (TPSA) is 93.5 Å². The van der Waals surface area contributed by atoms with Crippen molar-refractivity contribution in [3.63, 3.8) is 0 Å². The summed E-state index contributed by atoms with van der Waals surface area (Å²) in [6, 6.07) is 5.99. The summed E-state index contributed by atoms with van der Waals surface area (Å²) in [5.41, 5.74) is 0.187. The molecule has 0 fully saturated rings. The van der Waals surface area contributed by atoms with Gasteiger partial charge in [0.1, 0.15) is 12.3 Å². The molecule has 0 aromatic heterocycles. The zero-order valence-electron chi connectivity index (χ0n) is 12.1. The fourth-order valence-electron chi connectivity index (χ4n) is 1.63. The van der Waals surface area contributed by atoms with E-state index in [0.29, 0.717) is 5.69 Å². The highest BCUT2D eigenvalue weighted by atomic mass is 19.4. The number of nitro groups is 1. The molecule has 1 aromatic rings. The summed E-state index contributed by atoms with van der Waals surface area (Å²) in [7, 11) is 0. The molecule has 7 nitrogen and oxygen atoms in total. The van der Waals surface area contributed by atoms with E-state index in [4.69, 9.17) is 0 Å². The number of hydrogen-bond acceptors (Lipinski definition) is 5. The van der Waals surface area contributed by atoms with Gasteiger partial charge in [0, 0.05) is 25.6 Å². The molecular formula is C13H16F3N3O4. The number of nitrogens with zero attached hydrogens (tertiary/aromatic N) is 1. The van der Waals surface area contributed by atoms with E-state index in [1.165, 1.54) is 18.2 Å². The molecule has 0 aliphatic heterocycles. The quantitative estimate of drug-likeness (QED) is 0.409. The van der Waals surface area contributed by atoms with Crippen LogP contribution < -0.4 is 10.6 Å². The summed E-state index contributed by atoms with van der Waals surface area (Å²) in [4.78, 5) is 21.7. The van der Waals surface area contributed by atoms with Crippen LogP contribution in [0.4, 0.5) is 24.5 Å². The van der Waals surface area contributed by atoms with E-state index >= 15 is 0 Å². The second-order valence-corrected chi connectivity index (χ2v) is 4.47. The number of anilines is 1. The molecule has 0 atom stereocenters. The Hall–Kier alpha value is -2.36. The van der Waals surface area contributed by atoms with Crippen LogP contribution in [-0.2, 0) is 9.53 Å². The van der Waals surface area contributed by atoms with Crippen molar-refractivity contribution in [2.45, 2.75) is 12.6 Å². The number of benzene rings is 1. The van der Waals surface area contributed by atoms with Crippen LogP contribution in [0, 0.1) is 10.1 Å². The zero-order valence-corrected chi connectivity index (χ0v) is 12.1. The largest absolute Gasteiger partial charge is 0.411 e. The molecule has 1 amide bonds. The maximum Gasteiger partial charge on any atom is 0.411 e. The molecule has 0 heterocycles. The van der Waals surface area contributed by atoms with Crippen LogP contribution in [0.5, 0.6) is 0 Å². The van der Waals surface area contributed by atoms with E-state index in [1.54, 1.807) is 6.07 Å². The number of nitrogens with one attached hydrogen (secondary N) is 2. The molecule has 0 radical (unpaired) electrons. The number of amides is 1. The molecule has 1 aromatic carbocycles. The highest BCUT2D eigenvalue weighted by Gasteiger charge is 2.27. The number of para-hydroxylation sites is 2. The minimum Gasteiger partial charge on any atom is -0.379 e. The first-order valence-corrected chi connectivity index (χ1v) is 6.68. The Kier molecular flexibility index (Phi) is 7.26. The second kappa shape index (κ2) is 8.93. The molecule has 0 aliphatic rings. The van der Waals surface area contributed by atoms with Crippen molar-refractivity contribution >= 4 is 17.3 Å². The number of alkyl halides is 3. The highest BCUT2D eigenvalue weighted by molar-refractivity contribution is 5.76. The summed E-state index contributed by atoms with van der Waals surface area (Å²) in [6.07, 6.45) is -4.37. The Labute approximate surface area is 130 Å². The standard InChI is InChI=1S/C13H16F3N3O4/c14-13(15,16)9-23-8-7-18-12(20)5-6-17-10-3-1-2-4-11(10)19(21)22/h1-4,17H,5-9H2,(H,18,20). The Morgan fingerprint density at radius 2 is 1.96 bits per heavy atom. The third-order valence-corrected chi connectivity index (χ3v) is 2.60. The van der Waals surface area contributed by atoms with Crippen molar-refractivity contribution in [1.29, 1.82) is 0 Å². The molecule has 23 heavy (non-hydrogen) atoms. The fourth-order valence-corrected chi connectivity index (χ4v) is 1.63. The van der Waals surface area contributed by atoms with Gasteiger partial charge in [-0.2, -0.15) is 13.2 Å². The van der Waals surface area contributed by atoms with Crippen molar-refractivity contribution < 1.29 is 27.6 Å². The SMILES string of the molecule is O=C(CCNc1ccccc1[N+](=O)[O-])NCCOCC(F)(F)F. The third-order valence-electron chi connectivity index (χ3n) is 2.60. The Morgan fingerprint density at radius 3 is 2.61 bits per heavy atom. The van der Waals surface area contributed by atoms with Gasteiger partial charge in [-0.05, 0) is 6.07 Å². The van der Waals surface area contributed by atoms with Gasteiger partial charge in [0.05, 0.1) is 11.5 Å². The summed E-state index contributed by atoms with van der Waals surface area (Å²) >= 11 is 0. The lowest BCUT2D eigenvalue weighted by Crippen LogP contribution is -2.30. The number of nitro benzene ring substituents is 1. The summed E-state index contributed by atoms with van der Waals surface area (Å²) in [5, 5.41) is 15.9. The van der Waals surface area contributed by atoms with Gasteiger partial charge >= 0.3 is 6.18 Å². The van der Waals surface area contributed by atoms with E-state index in [-0.39, 0.29) is 31.8 Å². The lowest BCUT2D eigenvalue weighted by atomic mass is 10.2. The van der Waals surface area contributed by atoms with Gasteiger partial charge in [-0.25, -0.2) is 0 Å². The van der Waals surface area contributed by atoms with Crippen LogP contribution in [0.15, 0.2) is 24.3 Å². The molecule has 1 rings (SSSR count). The van der Waals surface area contributed by atoms with E-state index in [9.17, 15) is 28.1 Å². The van der Waals surface area contributed by atoms with Gasteiger partial charge in [-0.3, -0.25) is 14.9 Å². The molecule has 0 unspecified atom stereocenters. The molecule has 0 aliphatic carbocycles. The van der Waals surface area contributed by atoms with E-state index in [1.807, 2.05) is 0 Å². The lowest BCUT2D eigenvalue weighted by molar-refractivity contribution is -0.384. The summed E-state index contributed by atoms with van der Waals surface area (Å²) in [5.74, 6) is -0.397. The normalized spacial score (nSPS) is 11.1. The van der Waals surface area contributed by atoms with Crippen LogP contribution in [0.3, 0.4) is 0 Å². The Bertz CT molecular complexity index is 537. The van der Waals surface area contributed by atoms with Crippen molar-refractivity contribution in [2.24, 2.45) is 0 Å². The predicted molar refractivity (Wildman–Crippen MR) is 76.1 cm³/mol. The van der Waals surface area contributed by atoms with Gasteiger partial charge in [0.25, 0.3) is 5.69 Å². The third kappa shape index (κ3) is 8.00. The zero-order chi connectivity index (χ0) is 17.3. The van der Waals surface area contributed by atoms with Crippen LogP contribution in [0.1, 0.15) is 6.42 Å². The molecule has 0 bridgehead atoms. The Morgan fingerprint density at radius 1 is 1.26 bits per heavy atom. The van der Waals surface area contributed by atoms with Gasteiger partial charge in [0.15, 0.2) is 0 Å². The van der Waals surface area contributed by atoms with Crippen LogP contribution in [0.25, 0.3) is 0 Å². The lowest BCUT2D eigenvalue weighted by Gasteiger charge is -2.09. The van der Waals surface area contributed by atoms with Gasteiger partial charge < -0.3 is 15.4 Å². The molecule has 0 saturated heterocycles.